The fourth-order valence-corrected chi connectivity index (χ4v) is 3.18. The van der Waals surface area contributed by atoms with Crippen LogP contribution in [-0.2, 0) is 0 Å². The predicted molar refractivity (Wildman–Crippen MR) is 88.5 cm³/mol. The molecular formula is C17H22BrNO. The van der Waals surface area contributed by atoms with Crippen molar-refractivity contribution < 1.29 is 4.79 Å². The summed E-state index contributed by atoms with van der Waals surface area (Å²) in [6.45, 7) is 10.4. The number of hydrogen-bond acceptors (Lipinski definition) is 2. The van der Waals surface area contributed by atoms with Crippen LogP contribution in [0.15, 0.2) is 34.3 Å². The second kappa shape index (κ2) is 5.72. The summed E-state index contributed by atoms with van der Waals surface area (Å²) < 4.78 is 0.998. The zero-order valence-electron chi connectivity index (χ0n) is 12.7. The molecular weight excluding hydrogens is 314 g/mol. The molecule has 1 aromatic carbocycles. The Morgan fingerprint density at radius 3 is 2.45 bits per heavy atom. The van der Waals surface area contributed by atoms with Gasteiger partial charge in [0.1, 0.15) is 0 Å². The number of carbonyl (C=O) groups excluding carboxylic acids is 1. The normalized spacial score (nSPS) is 16.1. The molecule has 0 aromatic heterocycles. The molecule has 0 unspecified atom stereocenters. The molecule has 1 heterocycles. The van der Waals surface area contributed by atoms with Gasteiger partial charge in [0.25, 0.3) is 0 Å². The lowest BCUT2D eigenvalue weighted by Crippen LogP contribution is -2.31. The van der Waals surface area contributed by atoms with Crippen LogP contribution < -0.4 is 4.90 Å². The Labute approximate surface area is 130 Å². The van der Waals surface area contributed by atoms with Crippen LogP contribution >= 0.6 is 15.9 Å². The molecule has 0 radical (unpaired) electrons. The lowest BCUT2D eigenvalue weighted by molar-refractivity contribution is 0.101. The molecule has 108 valence electrons. The minimum atomic E-state index is 0.103. The van der Waals surface area contributed by atoms with E-state index in [-0.39, 0.29) is 11.2 Å². The standard InChI is InChI=1S/C17H22BrNO/c1-12(20)13-5-6-16(15(18)11-13)19-9-7-14(8-10-19)17(2,3)4/h5-7,11H,8-10H2,1-4H3. The first-order chi connectivity index (χ1) is 9.29. The average molecular weight is 336 g/mol. The first-order valence-corrected chi connectivity index (χ1v) is 7.83. The zero-order chi connectivity index (χ0) is 14.9. The third-order valence-electron chi connectivity index (χ3n) is 3.87. The maximum Gasteiger partial charge on any atom is 0.159 e. The van der Waals surface area contributed by atoms with Crippen LogP contribution in [0.25, 0.3) is 0 Å². The molecule has 2 nitrogen and oxygen atoms in total. The lowest BCUT2D eigenvalue weighted by Gasteiger charge is -2.34. The maximum atomic E-state index is 11.4. The number of rotatable bonds is 2. The van der Waals surface area contributed by atoms with Gasteiger partial charge in [-0.3, -0.25) is 4.79 Å². The number of benzene rings is 1. The summed E-state index contributed by atoms with van der Waals surface area (Å²) in [7, 11) is 0. The quantitative estimate of drug-likeness (QED) is 0.569. The van der Waals surface area contributed by atoms with Crippen molar-refractivity contribution in [2.75, 3.05) is 18.0 Å². The van der Waals surface area contributed by atoms with Gasteiger partial charge in [-0.2, -0.15) is 0 Å². The number of hydrogen-bond donors (Lipinski definition) is 0. The molecule has 3 heteroatoms. The van der Waals surface area contributed by atoms with Crippen molar-refractivity contribution in [3.05, 3.63) is 39.9 Å². The minimum Gasteiger partial charge on any atom is -0.367 e. The van der Waals surface area contributed by atoms with Gasteiger partial charge in [-0.25, -0.2) is 0 Å². The Balaban J connectivity index is 2.19. The monoisotopic (exact) mass is 335 g/mol. The molecule has 0 amide bonds. The molecule has 2 rings (SSSR count). The number of nitrogens with zero attached hydrogens (tertiary/aromatic N) is 1. The van der Waals surface area contributed by atoms with Gasteiger partial charge in [0.05, 0.1) is 5.69 Å². The average Bonchev–Trinajstić information content (AvgIpc) is 2.37. The summed E-state index contributed by atoms with van der Waals surface area (Å²) in [4.78, 5) is 13.7. The Morgan fingerprint density at radius 2 is 2.00 bits per heavy atom. The first-order valence-electron chi connectivity index (χ1n) is 7.04. The Bertz CT molecular complexity index is 555. The van der Waals surface area contributed by atoms with E-state index in [1.807, 2.05) is 18.2 Å². The summed E-state index contributed by atoms with van der Waals surface area (Å²) in [5, 5.41) is 0. The molecule has 0 aliphatic carbocycles. The van der Waals surface area contributed by atoms with Crippen molar-refractivity contribution in [3.8, 4) is 0 Å². The van der Waals surface area contributed by atoms with Crippen molar-refractivity contribution in [3.63, 3.8) is 0 Å². The lowest BCUT2D eigenvalue weighted by atomic mass is 9.83. The van der Waals surface area contributed by atoms with Crippen molar-refractivity contribution >= 4 is 27.4 Å². The number of carbonyl (C=O) groups is 1. The van der Waals surface area contributed by atoms with Gasteiger partial charge in [0.2, 0.25) is 0 Å². The van der Waals surface area contributed by atoms with Crippen molar-refractivity contribution in [2.24, 2.45) is 5.41 Å². The van der Waals surface area contributed by atoms with E-state index in [0.717, 1.165) is 29.5 Å². The molecule has 1 aliphatic heterocycles. The van der Waals surface area contributed by atoms with Crippen LogP contribution in [0.2, 0.25) is 0 Å². The number of ketones is 1. The molecule has 0 fully saturated rings. The zero-order valence-corrected chi connectivity index (χ0v) is 14.3. The smallest absolute Gasteiger partial charge is 0.159 e. The van der Waals surface area contributed by atoms with Gasteiger partial charge in [0.15, 0.2) is 5.78 Å². The van der Waals surface area contributed by atoms with Gasteiger partial charge in [-0.1, -0.05) is 32.4 Å². The third kappa shape index (κ3) is 3.32. The molecule has 1 aromatic rings. The molecule has 0 saturated carbocycles. The van der Waals surface area contributed by atoms with Crippen LogP contribution in [0, 0.1) is 5.41 Å². The van der Waals surface area contributed by atoms with E-state index >= 15 is 0 Å². The largest absolute Gasteiger partial charge is 0.367 e. The molecule has 0 N–H and O–H groups in total. The topological polar surface area (TPSA) is 20.3 Å². The molecule has 0 atom stereocenters. The minimum absolute atomic E-state index is 0.103. The highest BCUT2D eigenvalue weighted by Gasteiger charge is 2.22. The van der Waals surface area contributed by atoms with E-state index in [9.17, 15) is 4.79 Å². The van der Waals surface area contributed by atoms with Crippen LogP contribution in [0.4, 0.5) is 5.69 Å². The van der Waals surface area contributed by atoms with Crippen molar-refractivity contribution in [1.29, 1.82) is 0 Å². The highest BCUT2D eigenvalue weighted by atomic mass is 79.9. The Hall–Kier alpha value is -1.09. The second-order valence-electron chi connectivity index (χ2n) is 6.40. The predicted octanol–water partition coefficient (Wildman–Crippen LogP) is 4.83. The van der Waals surface area contributed by atoms with E-state index in [4.69, 9.17) is 0 Å². The van der Waals surface area contributed by atoms with Crippen LogP contribution in [0.1, 0.15) is 44.5 Å². The Morgan fingerprint density at radius 1 is 1.30 bits per heavy atom. The number of Topliss-reactive ketones (excluding diaryl/α,β-unsaturated/α-hetero) is 1. The van der Waals surface area contributed by atoms with Gasteiger partial charge in [-0.05, 0) is 52.9 Å². The maximum absolute atomic E-state index is 11.4. The summed E-state index contributed by atoms with van der Waals surface area (Å²) in [6, 6.07) is 5.86. The van der Waals surface area contributed by atoms with E-state index in [1.54, 1.807) is 6.92 Å². The van der Waals surface area contributed by atoms with E-state index < -0.39 is 0 Å². The van der Waals surface area contributed by atoms with Crippen molar-refractivity contribution in [2.45, 2.75) is 34.1 Å². The van der Waals surface area contributed by atoms with Gasteiger partial charge in [-0.15, -0.1) is 0 Å². The van der Waals surface area contributed by atoms with Crippen LogP contribution in [0.3, 0.4) is 0 Å². The highest BCUT2D eigenvalue weighted by Crippen LogP contribution is 2.34. The highest BCUT2D eigenvalue weighted by molar-refractivity contribution is 9.10. The number of halogens is 1. The summed E-state index contributed by atoms with van der Waals surface area (Å²) >= 11 is 3.59. The molecule has 1 aliphatic rings. The SMILES string of the molecule is CC(=O)c1ccc(N2CC=C(C(C)(C)C)CC2)c(Br)c1. The molecule has 20 heavy (non-hydrogen) atoms. The Kier molecular flexibility index (Phi) is 4.38. The summed E-state index contributed by atoms with van der Waals surface area (Å²) in [5.74, 6) is 0.103. The van der Waals surface area contributed by atoms with E-state index in [1.165, 1.54) is 11.3 Å². The van der Waals surface area contributed by atoms with Gasteiger partial charge < -0.3 is 4.90 Å². The fourth-order valence-electron chi connectivity index (χ4n) is 2.55. The van der Waals surface area contributed by atoms with Crippen LogP contribution in [-0.4, -0.2) is 18.9 Å². The number of anilines is 1. The third-order valence-corrected chi connectivity index (χ3v) is 4.50. The molecule has 0 spiro atoms. The van der Waals surface area contributed by atoms with Crippen LogP contribution in [0.5, 0.6) is 0 Å². The summed E-state index contributed by atoms with van der Waals surface area (Å²) in [6.07, 6.45) is 3.44. The van der Waals surface area contributed by atoms with Gasteiger partial charge >= 0.3 is 0 Å². The van der Waals surface area contributed by atoms with Gasteiger partial charge in [0, 0.05) is 23.1 Å². The molecule has 0 saturated heterocycles. The fraction of sp³-hybridized carbons (Fsp3) is 0.471. The second-order valence-corrected chi connectivity index (χ2v) is 7.25. The van der Waals surface area contributed by atoms with E-state index in [0.29, 0.717) is 0 Å². The van der Waals surface area contributed by atoms with E-state index in [2.05, 4.69) is 47.7 Å². The molecule has 0 bridgehead atoms. The first kappa shape index (κ1) is 15.3. The summed E-state index contributed by atoms with van der Waals surface area (Å²) in [5.41, 5.74) is 3.72. The van der Waals surface area contributed by atoms with Crippen molar-refractivity contribution in [1.82, 2.24) is 0 Å².